The lowest BCUT2D eigenvalue weighted by molar-refractivity contribution is -0.144. The second-order valence-electron chi connectivity index (χ2n) is 4.82. The third-order valence-electron chi connectivity index (χ3n) is 3.09. The molecular formula is C15H13NO6S2. The van der Waals surface area contributed by atoms with Crippen molar-refractivity contribution in [2.45, 2.75) is 13.0 Å². The van der Waals surface area contributed by atoms with E-state index in [9.17, 15) is 14.4 Å². The molecule has 1 unspecified atom stereocenters. The van der Waals surface area contributed by atoms with Crippen molar-refractivity contribution in [2.24, 2.45) is 0 Å². The van der Waals surface area contributed by atoms with E-state index >= 15 is 0 Å². The van der Waals surface area contributed by atoms with Gasteiger partial charge < -0.3 is 14.9 Å². The molecule has 7 nitrogen and oxygen atoms in total. The van der Waals surface area contributed by atoms with Crippen molar-refractivity contribution < 1.29 is 29.3 Å². The van der Waals surface area contributed by atoms with Crippen LogP contribution in [0.3, 0.4) is 0 Å². The fourth-order valence-corrected chi connectivity index (χ4v) is 3.33. The van der Waals surface area contributed by atoms with E-state index in [4.69, 9.17) is 27.2 Å². The van der Waals surface area contributed by atoms with Crippen molar-refractivity contribution in [3.63, 3.8) is 0 Å². The summed E-state index contributed by atoms with van der Waals surface area (Å²) in [5.41, 5.74) is 0.612. The van der Waals surface area contributed by atoms with Crippen LogP contribution in [0.2, 0.25) is 0 Å². The van der Waals surface area contributed by atoms with E-state index in [1.54, 1.807) is 30.3 Å². The number of ether oxygens (including phenoxy) is 1. The van der Waals surface area contributed by atoms with Gasteiger partial charge in [-0.3, -0.25) is 9.69 Å². The summed E-state index contributed by atoms with van der Waals surface area (Å²) in [5, 5.41) is 17.7. The Labute approximate surface area is 146 Å². The maximum Gasteiger partial charge on any atom is 0.341 e. The number of thioether (sulfide) groups is 1. The van der Waals surface area contributed by atoms with Crippen LogP contribution in [0.1, 0.15) is 12.5 Å². The van der Waals surface area contributed by atoms with Crippen LogP contribution in [0, 0.1) is 0 Å². The van der Waals surface area contributed by atoms with Gasteiger partial charge in [-0.05, 0) is 30.7 Å². The minimum Gasteiger partial charge on any atom is -0.482 e. The average molecular weight is 367 g/mol. The lowest BCUT2D eigenvalue weighted by Gasteiger charge is -2.18. The fourth-order valence-electron chi connectivity index (χ4n) is 1.91. The smallest absolute Gasteiger partial charge is 0.341 e. The number of hydrogen-bond donors (Lipinski definition) is 2. The molecule has 0 radical (unpaired) electrons. The van der Waals surface area contributed by atoms with Gasteiger partial charge in [0.2, 0.25) is 0 Å². The molecule has 24 heavy (non-hydrogen) atoms. The molecule has 1 heterocycles. The Balaban J connectivity index is 2.21. The number of hydrogen-bond acceptors (Lipinski definition) is 6. The summed E-state index contributed by atoms with van der Waals surface area (Å²) in [6, 6.07) is 5.49. The zero-order valence-electron chi connectivity index (χ0n) is 12.5. The molecule has 9 heteroatoms. The molecule has 2 N–H and O–H groups in total. The van der Waals surface area contributed by atoms with Gasteiger partial charge in [0.05, 0.1) is 4.91 Å². The fraction of sp³-hybridized carbons (Fsp3) is 0.200. The van der Waals surface area contributed by atoms with Crippen LogP contribution in [0.4, 0.5) is 0 Å². The third-order valence-corrected chi connectivity index (χ3v) is 4.42. The normalized spacial score (nSPS) is 17.2. The maximum absolute atomic E-state index is 12.3. The number of nitrogens with zero attached hydrogens (tertiary/aromatic N) is 1. The molecule has 1 aromatic carbocycles. The highest BCUT2D eigenvalue weighted by Crippen LogP contribution is 2.34. The van der Waals surface area contributed by atoms with E-state index in [0.29, 0.717) is 16.2 Å². The van der Waals surface area contributed by atoms with E-state index in [0.717, 1.165) is 16.7 Å². The van der Waals surface area contributed by atoms with Crippen molar-refractivity contribution in [1.82, 2.24) is 4.90 Å². The quantitative estimate of drug-likeness (QED) is 0.580. The van der Waals surface area contributed by atoms with Gasteiger partial charge in [-0.1, -0.05) is 36.1 Å². The largest absolute Gasteiger partial charge is 0.482 e. The van der Waals surface area contributed by atoms with Gasteiger partial charge in [0.1, 0.15) is 16.1 Å². The Morgan fingerprint density at radius 1 is 1.42 bits per heavy atom. The summed E-state index contributed by atoms with van der Waals surface area (Å²) < 4.78 is 5.26. The van der Waals surface area contributed by atoms with Crippen molar-refractivity contribution in [3.8, 4) is 5.75 Å². The van der Waals surface area contributed by atoms with Gasteiger partial charge in [-0.15, -0.1) is 0 Å². The minimum atomic E-state index is -1.14. The first-order chi connectivity index (χ1) is 11.3. The van der Waals surface area contributed by atoms with Gasteiger partial charge in [-0.2, -0.15) is 0 Å². The van der Waals surface area contributed by atoms with Crippen molar-refractivity contribution in [2.75, 3.05) is 6.61 Å². The van der Waals surface area contributed by atoms with Crippen LogP contribution in [0.5, 0.6) is 5.75 Å². The van der Waals surface area contributed by atoms with Gasteiger partial charge in [0, 0.05) is 0 Å². The monoisotopic (exact) mass is 367 g/mol. The van der Waals surface area contributed by atoms with Gasteiger partial charge in [0.25, 0.3) is 5.91 Å². The molecule has 2 rings (SSSR count). The van der Waals surface area contributed by atoms with E-state index in [-0.39, 0.29) is 4.32 Å². The third kappa shape index (κ3) is 4.12. The first-order valence-electron chi connectivity index (χ1n) is 6.74. The lowest BCUT2D eigenvalue weighted by atomic mass is 10.2. The number of carboxylic acid groups (broad SMARTS) is 2. The summed E-state index contributed by atoms with van der Waals surface area (Å²) in [4.78, 5) is 35.3. The number of carbonyl (C=O) groups is 3. The maximum atomic E-state index is 12.3. The van der Waals surface area contributed by atoms with Gasteiger partial charge >= 0.3 is 11.9 Å². The molecule has 1 aliphatic heterocycles. The van der Waals surface area contributed by atoms with Crippen LogP contribution in [-0.2, 0) is 14.4 Å². The van der Waals surface area contributed by atoms with Crippen LogP contribution in [0.25, 0.3) is 6.08 Å². The second-order valence-corrected chi connectivity index (χ2v) is 6.50. The molecule has 0 spiro atoms. The Morgan fingerprint density at radius 3 is 2.75 bits per heavy atom. The molecule has 0 saturated carbocycles. The standard InChI is InChI=1S/C15H13NO6S2/c1-8(14(20)21)16-13(19)11(24-15(16)23)6-9-3-2-4-10(5-9)22-7-12(17)18/h2-6,8H,7H2,1H3,(H,17,18)(H,20,21)/b11-6-. The predicted molar refractivity (Wildman–Crippen MR) is 91.7 cm³/mol. The molecule has 1 saturated heterocycles. The van der Waals surface area contributed by atoms with Crippen LogP contribution in [-0.4, -0.2) is 49.9 Å². The topological polar surface area (TPSA) is 104 Å². The average Bonchev–Trinajstić information content (AvgIpc) is 2.79. The summed E-state index contributed by atoms with van der Waals surface area (Å²) in [7, 11) is 0. The van der Waals surface area contributed by atoms with E-state index in [1.807, 2.05) is 0 Å². The Bertz CT molecular complexity index is 745. The van der Waals surface area contributed by atoms with Crippen LogP contribution >= 0.6 is 24.0 Å². The first kappa shape index (κ1) is 18.0. The lowest BCUT2D eigenvalue weighted by Crippen LogP contribution is -2.41. The summed E-state index contributed by atoms with van der Waals surface area (Å²) in [6.07, 6.45) is 1.56. The summed E-state index contributed by atoms with van der Waals surface area (Å²) in [5.74, 6) is -2.36. The zero-order chi connectivity index (χ0) is 17.9. The number of amides is 1. The number of carbonyl (C=O) groups excluding carboxylic acids is 1. The van der Waals surface area contributed by atoms with Crippen molar-refractivity contribution in [1.29, 1.82) is 0 Å². The van der Waals surface area contributed by atoms with E-state index in [2.05, 4.69) is 0 Å². The number of benzene rings is 1. The predicted octanol–water partition coefficient (Wildman–Crippen LogP) is 1.82. The second kappa shape index (κ2) is 7.45. The highest BCUT2D eigenvalue weighted by atomic mass is 32.2. The molecule has 1 fully saturated rings. The first-order valence-corrected chi connectivity index (χ1v) is 7.96. The Kier molecular flexibility index (Phi) is 5.58. The Hall–Kier alpha value is -2.39. The molecule has 0 aliphatic carbocycles. The molecule has 0 aromatic heterocycles. The molecule has 1 aliphatic rings. The summed E-state index contributed by atoms with van der Waals surface area (Å²) in [6.45, 7) is 0.915. The molecule has 0 bridgehead atoms. The number of rotatable bonds is 6. The number of thiocarbonyl (C=S) groups is 1. The van der Waals surface area contributed by atoms with E-state index in [1.165, 1.54) is 6.92 Å². The molecular weight excluding hydrogens is 354 g/mol. The highest BCUT2D eigenvalue weighted by molar-refractivity contribution is 8.26. The molecule has 1 amide bonds. The van der Waals surface area contributed by atoms with Crippen LogP contribution in [0.15, 0.2) is 29.2 Å². The highest BCUT2D eigenvalue weighted by Gasteiger charge is 2.38. The molecule has 126 valence electrons. The molecule has 1 aromatic rings. The van der Waals surface area contributed by atoms with Crippen molar-refractivity contribution in [3.05, 3.63) is 34.7 Å². The molecule has 1 atom stereocenters. The summed E-state index contributed by atoms with van der Waals surface area (Å²) >= 11 is 6.09. The van der Waals surface area contributed by atoms with Crippen LogP contribution < -0.4 is 4.74 Å². The minimum absolute atomic E-state index is 0.180. The van der Waals surface area contributed by atoms with Gasteiger partial charge in [-0.25, -0.2) is 9.59 Å². The Morgan fingerprint density at radius 2 is 2.12 bits per heavy atom. The van der Waals surface area contributed by atoms with Crippen molar-refractivity contribution >= 4 is 52.2 Å². The van der Waals surface area contributed by atoms with E-state index < -0.39 is 30.5 Å². The number of carboxylic acids is 2. The number of aliphatic carboxylic acids is 2. The zero-order valence-corrected chi connectivity index (χ0v) is 14.1. The van der Waals surface area contributed by atoms with Gasteiger partial charge in [0.15, 0.2) is 6.61 Å². The SMILES string of the molecule is CC(C(=O)O)N1C(=O)/C(=C/c2cccc(OCC(=O)O)c2)SC1=S.